The van der Waals surface area contributed by atoms with Crippen molar-refractivity contribution in [2.45, 2.75) is 39.7 Å². The van der Waals surface area contributed by atoms with E-state index in [0.29, 0.717) is 10.6 Å². The normalized spacial score (nSPS) is 12.6. The van der Waals surface area contributed by atoms with Gasteiger partial charge in [-0.3, -0.25) is 0 Å². The first kappa shape index (κ1) is 16.5. The van der Waals surface area contributed by atoms with Crippen LogP contribution in [0, 0.1) is 12.7 Å². The van der Waals surface area contributed by atoms with E-state index in [1.807, 2.05) is 6.07 Å². The summed E-state index contributed by atoms with van der Waals surface area (Å²) in [6.07, 6.45) is 2.07. The highest BCUT2D eigenvalue weighted by Gasteiger charge is 2.19. The summed E-state index contributed by atoms with van der Waals surface area (Å²) in [6, 6.07) is 7.61. The minimum atomic E-state index is -0.251. The molecule has 1 N–H and O–H groups in total. The summed E-state index contributed by atoms with van der Waals surface area (Å²) in [4.78, 5) is 2.58. The largest absolute Gasteiger partial charge is 0.306 e. The number of hydrogen-bond acceptors (Lipinski definition) is 2. The van der Waals surface area contributed by atoms with Crippen LogP contribution in [0.15, 0.2) is 24.3 Å². The Kier molecular flexibility index (Phi) is 5.80. The zero-order chi connectivity index (χ0) is 15.4. The van der Waals surface area contributed by atoms with Gasteiger partial charge in [-0.15, -0.1) is 11.3 Å². The maximum Gasteiger partial charge on any atom is 0.127 e. The van der Waals surface area contributed by atoms with Gasteiger partial charge in [-0.05, 0) is 61.7 Å². The van der Waals surface area contributed by atoms with Crippen LogP contribution < -0.4 is 5.32 Å². The molecule has 0 amide bonds. The van der Waals surface area contributed by atoms with E-state index in [4.69, 9.17) is 11.6 Å². The lowest BCUT2D eigenvalue weighted by Gasteiger charge is -2.20. The molecular weight excluding hydrogens is 305 g/mol. The molecule has 4 heteroatoms. The van der Waals surface area contributed by atoms with Gasteiger partial charge in [0.1, 0.15) is 5.82 Å². The van der Waals surface area contributed by atoms with E-state index >= 15 is 0 Å². The van der Waals surface area contributed by atoms with Crippen LogP contribution in [0.3, 0.4) is 0 Å². The average Bonchev–Trinajstić information content (AvgIpc) is 2.93. The smallest absolute Gasteiger partial charge is 0.127 e. The Labute approximate surface area is 135 Å². The van der Waals surface area contributed by atoms with Crippen molar-refractivity contribution in [3.63, 3.8) is 0 Å². The van der Waals surface area contributed by atoms with Crippen molar-refractivity contribution in [1.82, 2.24) is 5.32 Å². The zero-order valence-corrected chi connectivity index (χ0v) is 14.2. The lowest BCUT2D eigenvalue weighted by atomic mass is 10.0. The summed E-state index contributed by atoms with van der Waals surface area (Å²) in [7, 11) is 0. The fourth-order valence-corrected chi connectivity index (χ4v) is 3.60. The van der Waals surface area contributed by atoms with E-state index < -0.39 is 0 Å². The van der Waals surface area contributed by atoms with Crippen molar-refractivity contribution in [2.24, 2.45) is 0 Å². The highest BCUT2D eigenvalue weighted by molar-refractivity contribution is 7.12. The maximum atomic E-state index is 13.6. The van der Waals surface area contributed by atoms with Gasteiger partial charge in [0.15, 0.2) is 0 Å². The highest BCUT2D eigenvalue weighted by Crippen LogP contribution is 2.34. The van der Waals surface area contributed by atoms with E-state index in [1.165, 1.54) is 15.8 Å². The monoisotopic (exact) mass is 325 g/mol. The minimum absolute atomic E-state index is 0.0297. The lowest BCUT2D eigenvalue weighted by Crippen LogP contribution is -2.23. The molecule has 1 aromatic heterocycles. The number of aryl methyl sites for hydroxylation is 2. The van der Waals surface area contributed by atoms with Gasteiger partial charge in [-0.2, -0.15) is 0 Å². The van der Waals surface area contributed by atoms with Gasteiger partial charge in [0.05, 0.1) is 6.04 Å². The summed E-state index contributed by atoms with van der Waals surface area (Å²) in [5.74, 6) is -0.251. The van der Waals surface area contributed by atoms with Crippen LogP contribution in [0.5, 0.6) is 0 Å². The molecule has 2 aromatic rings. The van der Waals surface area contributed by atoms with Crippen molar-refractivity contribution in [2.75, 3.05) is 6.54 Å². The van der Waals surface area contributed by atoms with Gasteiger partial charge >= 0.3 is 0 Å². The summed E-state index contributed by atoms with van der Waals surface area (Å²) >= 11 is 8.08. The predicted molar refractivity (Wildman–Crippen MR) is 90.0 cm³/mol. The molecule has 0 aliphatic carbocycles. The Morgan fingerprint density at radius 1 is 1.29 bits per heavy atom. The van der Waals surface area contributed by atoms with Crippen LogP contribution in [0.2, 0.25) is 5.02 Å². The Hall–Kier alpha value is -0.900. The van der Waals surface area contributed by atoms with Gasteiger partial charge in [0, 0.05) is 14.8 Å². The lowest BCUT2D eigenvalue weighted by molar-refractivity contribution is 0.595. The Bertz CT molecular complexity index is 609. The quantitative estimate of drug-likeness (QED) is 0.739. The first-order valence-corrected chi connectivity index (χ1v) is 8.53. The molecule has 0 aliphatic heterocycles. The molecule has 1 aromatic carbocycles. The molecule has 21 heavy (non-hydrogen) atoms. The van der Waals surface area contributed by atoms with Crippen LogP contribution in [-0.2, 0) is 6.42 Å². The van der Waals surface area contributed by atoms with E-state index in [2.05, 4.69) is 31.3 Å². The van der Waals surface area contributed by atoms with Crippen molar-refractivity contribution in [3.8, 4) is 0 Å². The second kappa shape index (κ2) is 7.39. The molecule has 1 heterocycles. The van der Waals surface area contributed by atoms with Crippen LogP contribution in [0.4, 0.5) is 4.39 Å². The van der Waals surface area contributed by atoms with Gasteiger partial charge in [-0.1, -0.05) is 25.4 Å². The number of rotatable bonds is 6. The second-order valence-corrected chi connectivity index (χ2v) is 6.77. The van der Waals surface area contributed by atoms with Gasteiger partial charge in [0.25, 0.3) is 0 Å². The first-order valence-electron chi connectivity index (χ1n) is 7.34. The molecule has 114 valence electrons. The fraction of sp³-hybridized carbons (Fsp3) is 0.412. The number of thiophene rings is 1. The van der Waals surface area contributed by atoms with Crippen LogP contribution in [-0.4, -0.2) is 6.54 Å². The number of benzene rings is 1. The van der Waals surface area contributed by atoms with E-state index in [1.54, 1.807) is 18.3 Å². The molecule has 0 aliphatic rings. The molecular formula is C17H21ClFNS. The molecule has 0 fully saturated rings. The standard InChI is InChI=1S/C17H21ClFNS/c1-4-8-20-17(16-7-6-12(5-2)21-16)13-9-11(3)15(19)10-14(13)18/h6-7,9-10,17,20H,4-5,8H2,1-3H3. The van der Waals surface area contributed by atoms with Crippen LogP contribution in [0.25, 0.3) is 0 Å². The zero-order valence-electron chi connectivity index (χ0n) is 12.7. The van der Waals surface area contributed by atoms with Gasteiger partial charge < -0.3 is 5.32 Å². The van der Waals surface area contributed by atoms with Gasteiger partial charge in [0.2, 0.25) is 0 Å². The molecule has 0 saturated carbocycles. The maximum absolute atomic E-state index is 13.6. The second-order valence-electron chi connectivity index (χ2n) is 5.17. The SMILES string of the molecule is CCCNC(c1ccc(CC)s1)c1cc(C)c(F)cc1Cl. The minimum Gasteiger partial charge on any atom is -0.306 e. The number of hydrogen-bond donors (Lipinski definition) is 1. The Balaban J connectivity index is 2.42. The summed E-state index contributed by atoms with van der Waals surface area (Å²) < 4.78 is 13.6. The number of halogens is 2. The summed E-state index contributed by atoms with van der Waals surface area (Å²) in [5.41, 5.74) is 1.58. The van der Waals surface area contributed by atoms with Gasteiger partial charge in [-0.25, -0.2) is 4.39 Å². The highest BCUT2D eigenvalue weighted by atomic mass is 35.5. The molecule has 1 unspecified atom stereocenters. The predicted octanol–water partition coefficient (Wildman–Crippen LogP) is 5.50. The molecule has 0 saturated heterocycles. The third kappa shape index (κ3) is 3.85. The molecule has 1 nitrogen and oxygen atoms in total. The van der Waals surface area contributed by atoms with Crippen molar-refractivity contribution in [1.29, 1.82) is 0 Å². The van der Waals surface area contributed by atoms with E-state index in [9.17, 15) is 4.39 Å². The summed E-state index contributed by atoms with van der Waals surface area (Å²) in [6.45, 7) is 6.96. The van der Waals surface area contributed by atoms with Crippen molar-refractivity contribution < 1.29 is 4.39 Å². The molecule has 2 rings (SSSR count). The average molecular weight is 326 g/mol. The Morgan fingerprint density at radius 3 is 2.67 bits per heavy atom. The summed E-state index contributed by atoms with van der Waals surface area (Å²) in [5, 5.41) is 4.01. The third-order valence-electron chi connectivity index (χ3n) is 3.50. The van der Waals surface area contributed by atoms with Crippen LogP contribution >= 0.6 is 22.9 Å². The van der Waals surface area contributed by atoms with Crippen LogP contribution in [0.1, 0.15) is 47.2 Å². The third-order valence-corrected chi connectivity index (χ3v) is 5.12. The Morgan fingerprint density at radius 2 is 2.05 bits per heavy atom. The fourth-order valence-electron chi connectivity index (χ4n) is 2.29. The van der Waals surface area contributed by atoms with E-state index in [0.717, 1.165) is 24.9 Å². The van der Waals surface area contributed by atoms with E-state index in [-0.39, 0.29) is 11.9 Å². The molecule has 0 spiro atoms. The van der Waals surface area contributed by atoms with Crippen molar-refractivity contribution in [3.05, 3.63) is 56.0 Å². The molecule has 1 atom stereocenters. The molecule has 0 radical (unpaired) electrons. The first-order chi connectivity index (χ1) is 10.1. The molecule has 0 bridgehead atoms. The van der Waals surface area contributed by atoms with Crippen molar-refractivity contribution >= 4 is 22.9 Å². The topological polar surface area (TPSA) is 12.0 Å². The number of nitrogens with one attached hydrogen (secondary N) is 1.